The standard InChI is InChI=1S/C16H25N5/c1-4-18-14-10-15(20-16(19-14)13-6-7-13)21(9-5-8-17)11-12(2)3/h10,12-13H,4-7,9,11H2,1-3H3,(H,18,19,20). The van der Waals surface area contributed by atoms with Crippen molar-refractivity contribution in [2.75, 3.05) is 29.9 Å². The second-order valence-electron chi connectivity index (χ2n) is 6.02. The molecule has 0 aromatic carbocycles. The van der Waals surface area contributed by atoms with Crippen LogP contribution in [0.5, 0.6) is 0 Å². The van der Waals surface area contributed by atoms with E-state index in [1.807, 2.05) is 6.07 Å². The van der Waals surface area contributed by atoms with Gasteiger partial charge in [-0.15, -0.1) is 0 Å². The van der Waals surface area contributed by atoms with E-state index in [-0.39, 0.29) is 0 Å². The van der Waals surface area contributed by atoms with Gasteiger partial charge in [0.1, 0.15) is 17.5 Å². The Hall–Kier alpha value is -1.83. The van der Waals surface area contributed by atoms with Gasteiger partial charge in [0.15, 0.2) is 0 Å². The highest BCUT2D eigenvalue weighted by Gasteiger charge is 2.28. The van der Waals surface area contributed by atoms with Crippen LogP contribution >= 0.6 is 0 Å². The van der Waals surface area contributed by atoms with E-state index in [0.717, 1.165) is 37.1 Å². The van der Waals surface area contributed by atoms with E-state index in [1.165, 1.54) is 12.8 Å². The Labute approximate surface area is 127 Å². The van der Waals surface area contributed by atoms with Crippen molar-refractivity contribution < 1.29 is 0 Å². The van der Waals surface area contributed by atoms with Crippen LogP contribution in [0, 0.1) is 17.2 Å². The van der Waals surface area contributed by atoms with Crippen molar-refractivity contribution in [2.45, 2.75) is 46.0 Å². The first-order valence-electron chi connectivity index (χ1n) is 7.88. The molecule has 0 saturated heterocycles. The van der Waals surface area contributed by atoms with Crippen LogP contribution in [0.1, 0.15) is 51.8 Å². The van der Waals surface area contributed by atoms with Crippen LogP contribution in [0.25, 0.3) is 0 Å². The largest absolute Gasteiger partial charge is 0.370 e. The van der Waals surface area contributed by atoms with E-state index in [1.54, 1.807) is 0 Å². The number of nitriles is 1. The quantitative estimate of drug-likeness (QED) is 0.795. The van der Waals surface area contributed by atoms with Gasteiger partial charge < -0.3 is 10.2 Å². The Bertz CT molecular complexity index is 502. The topological polar surface area (TPSA) is 64.8 Å². The predicted octanol–water partition coefficient (Wildman–Crippen LogP) is 3.16. The Balaban J connectivity index is 2.25. The smallest absolute Gasteiger partial charge is 0.136 e. The molecule has 1 aliphatic rings. The molecule has 0 unspecified atom stereocenters. The fraction of sp³-hybridized carbons (Fsp3) is 0.688. The minimum absolute atomic E-state index is 0.520. The molecular weight excluding hydrogens is 262 g/mol. The SMILES string of the molecule is CCNc1cc(N(CCC#N)CC(C)C)nc(C2CC2)n1. The Morgan fingerprint density at radius 1 is 1.43 bits per heavy atom. The summed E-state index contributed by atoms with van der Waals surface area (Å²) in [6.07, 6.45) is 2.90. The molecule has 1 heterocycles. The maximum atomic E-state index is 8.87. The van der Waals surface area contributed by atoms with Crippen molar-refractivity contribution in [1.29, 1.82) is 5.26 Å². The van der Waals surface area contributed by atoms with E-state index < -0.39 is 0 Å². The lowest BCUT2D eigenvalue weighted by molar-refractivity contribution is 0.606. The highest BCUT2D eigenvalue weighted by atomic mass is 15.2. The van der Waals surface area contributed by atoms with Gasteiger partial charge in [-0.05, 0) is 25.7 Å². The third-order valence-electron chi connectivity index (χ3n) is 3.43. The van der Waals surface area contributed by atoms with Gasteiger partial charge in [-0.25, -0.2) is 9.97 Å². The number of hydrogen-bond donors (Lipinski definition) is 1. The first-order valence-corrected chi connectivity index (χ1v) is 7.88. The minimum atomic E-state index is 0.520. The summed E-state index contributed by atoms with van der Waals surface area (Å²) in [5.74, 6) is 3.86. The number of aromatic nitrogens is 2. The fourth-order valence-electron chi connectivity index (χ4n) is 2.34. The van der Waals surface area contributed by atoms with Gasteiger partial charge in [0.25, 0.3) is 0 Å². The molecule has 0 radical (unpaired) electrons. The van der Waals surface area contributed by atoms with Crippen molar-refractivity contribution in [2.24, 2.45) is 5.92 Å². The first kappa shape index (κ1) is 15.6. The molecule has 114 valence electrons. The summed E-state index contributed by atoms with van der Waals surface area (Å²) in [5.41, 5.74) is 0. The average molecular weight is 287 g/mol. The molecule has 0 spiro atoms. The molecule has 5 heteroatoms. The van der Waals surface area contributed by atoms with Crippen LogP contribution in [-0.4, -0.2) is 29.6 Å². The van der Waals surface area contributed by atoms with Crippen molar-refractivity contribution in [3.63, 3.8) is 0 Å². The van der Waals surface area contributed by atoms with Gasteiger partial charge in [-0.2, -0.15) is 5.26 Å². The van der Waals surface area contributed by atoms with Crippen LogP contribution in [0.2, 0.25) is 0 Å². The van der Waals surface area contributed by atoms with E-state index in [2.05, 4.69) is 42.0 Å². The predicted molar refractivity (Wildman–Crippen MR) is 85.5 cm³/mol. The molecule has 0 bridgehead atoms. The van der Waals surface area contributed by atoms with Crippen LogP contribution < -0.4 is 10.2 Å². The normalized spacial score (nSPS) is 14.0. The second-order valence-corrected chi connectivity index (χ2v) is 6.02. The molecule has 1 N–H and O–H groups in total. The fourth-order valence-corrected chi connectivity index (χ4v) is 2.34. The third kappa shape index (κ3) is 4.59. The molecule has 21 heavy (non-hydrogen) atoms. The molecule has 1 saturated carbocycles. The molecule has 0 atom stereocenters. The van der Waals surface area contributed by atoms with Crippen molar-refractivity contribution in [3.8, 4) is 6.07 Å². The summed E-state index contributed by atoms with van der Waals surface area (Å²) in [5, 5.41) is 12.2. The number of rotatable bonds is 8. The molecular formula is C16H25N5. The van der Waals surface area contributed by atoms with Crippen LogP contribution in [0.4, 0.5) is 11.6 Å². The lowest BCUT2D eigenvalue weighted by atomic mass is 10.2. The summed E-state index contributed by atoms with van der Waals surface area (Å²) in [6, 6.07) is 4.24. The van der Waals surface area contributed by atoms with Crippen LogP contribution in [-0.2, 0) is 0 Å². The highest BCUT2D eigenvalue weighted by Crippen LogP contribution is 2.39. The Morgan fingerprint density at radius 3 is 2.76 bits per heavy atom. The molecule has 5 nitrogen and oxygen atoms in total. The van der Waals surface area contributed by atoms with E-state index in [9.17, 15) is 0 Å². The Kier molecular flexibility index (Phi) is 5.38. The molecule has 0 aliphatic heterocycles. The highest BCUT2D eigenvalue weighted by molar-refractivity contribution is 5.50. The zero-order valence-corrected chi connectivity index (χ0v) is 13.3. The van der Waals surface area contributed by atoms with Gasteiger partial charge in [0.2, 0.25) is 0 Å². The Morgan fingerprint density at radius 2 is 2.19 bits per heavy atom. The van der Waals surface area contributed by atoms with Crippen molar-refractivity contribution >= 4 is 11.6 Å². The zero-order chi connectivity index (χ0) is 15.2. The molecule has 1 aromatic rings. The van der Waals surface area contributed by atoms with Gasteiger partial charge in [-0.1, -0.05) is 13.8 Å². The maximum Gasteiger partial charge on any atom is 0.136 e. The number of anilines is 2. The minimum Gasteiger partial charge on any atom is -0.370 e. The zero-order valence-electron chi connectivity index (χ0n) is 13.3. The maximum absolute atomic E-state index is 8.87. The molecule has 2 rings (SSSR count). The summed E-state index contributed by atoms with van der Waals surface area (Å²) < 4.78 is 0. The second kappa shape index (κ2) is 7.26. The molecule has 1 aliphatic carbocycles. The summed E-state index contributed by atoms with van der Waals surface area (Å²) in [4.78, 5) is 11.6. The molecule has 1 fully saturated rings. The van der Waals surface area contributed by atoms with Crippen molar-refractivity contribution in [3.05, 3.63) is 11.9 Å². The van der Waals surface area contributed by atoms with Crippen LogP contribution in [0.15, 0.2) is 6.07 Å². The summed E-state index contributed by atoms with van der Waals surface area (Å²) in [6.45, 7) is 8.93. The van der Waals surface area contributed by atoms with Gasteiger partial charge in [0, 0.05) is 31.6 Å². The van der Waals surface area contributed by atoms with E-state index in [0.29, 0.717) is 18.3 Å². The van der Waals surface area contributed by atoms with Gasteiger partial charge >= 0.3 is 0 Å². The average Bonchev–Trinajstić information content (AvgIpc) is 3.27. The van der Waals surface area contributed by atoms with Gasteiger partial charge in [-0.3, -0.25) is 0 Å². The molecule has 1 aromatic heterocycles. The number of hydrogen-bond acceptors (Lipinski definition) is 5. The number of nitrogens with zero attached hydrogens (tertiary/aromatic N) is 4. The lowest BCUT2D eigenvalue weighted by Crippen LogP contribution is -2.30. The van der Waals surface area contributed by atoms with E-state index in [4.69, 9.17) is 10.2 Å². The van der Waals surface area contributed by atoms with E-state index >= 15 is 0 Å². The molecule has 0 amide bonds. The number of nitrogens with one attached hydrogen (secondary N) is 1. The lowest BCUT2D eigenvalue weighted by Gasteiger charge is -2.25. The summed E-state index contributed by atoms with van der Waals surface area (Å²) in [7, 11) is 0. The summed E-state index contributed by atoms with van der Waals surface area (Å²) >= 11 is 0. The van der Waals surface area contributed by atoms with Crippen molar-refractivity contribution in [1.82, 2.24) is 9.97 Å². The monoisotopic (exact) mass is 287 g/mol. The first-order chi connectivity index (χ1) is 10.1. The van der Waals surface area contributed by atoms with Gasteiger partial charge in [0.05, 0.1) is 12.5 Å². The third-order valence-corrected chi connectivity index (χ3v) is 3.43. The van der Waals surface area contributed by atoms with Crippen LogP contribution in [0.3, 0.4) is 0 Å².